The van der Waals surface area contributed by atoms with Gasteiger partial charge in [0.1, 0.15) is 26.0 Å². The quantitative estimate of drug-likeness (QED) is 0.746. The van der Waals surface area contributed by atoms with Crippen LogP contribution in [0.1, 0.15) is 40.0 Å². The number of allylic oxidation sites excluding steroid dienone is 2. The molecule has 1 atom stereocenters. The second kappa shape index (κ2) is 10.1. The van der Waals surface area contributed by atoms with Crippen LogP contribution in [0.5, 0.6) is 5.75 Å². The van der Waals surface area contributed by atoms with Crippen molar-refractivity contribution in [1.29, 1.82) is 0 Å². The molecule has 1 amide bonds. The van der Waals surface area contributed by atoms with Gasteiger partial charge in [-0.2, -0.15) is 0 Å². The van der Waals surface area contributed by atoms with Gasteiger partial charge in [0.05, 0.1) is 0 Å². The van der Waals surface area contributed by atoms with E-state index in [4.69, 9.17) is 12.6 Å². The third kappa shape index (κ3) is 6.74. The van der Waals surface area contributed by atoms with E-state index in [0.29, 0.717) is 35.9 Å². The van der Waals surface area contributed by atoms with Crippen LogP contribution in [-0.4, -0.2) is 26.9 Å². The summed E-state index contributed by atoms with van der Waals surface area (Å²) in [5.41, 5.74) is 3.05. The van der Waals surface area contributed by atoms with Gasteiger partial charge < -0.3 is 10.1 Å². The zero-order chi connectivity index (χ0) is 19.8. The van der Waals surface area contributed by atoms with Crippen LogP contribution >= 0.6 is 0 Å². The van der Waals surface area contributed by atoms with E-state index in [0.717, 1.165) is 30.4 Å². The summed E-state index contributed by atoms with van der Waals surface area (Å²) in [7, 11) is 5.64. The van der Waals surface area contributed by atoms with Crippen LogP contribution in [0.3, 0.4) is 0 Å². The maximum Gasteiger partial charge on any atom is 0.251 e. The Labute approximate surface area is 162 Å². The van der Waals surface area contributed by atoms with Crippen molar-refractivity contribution in [3.05, 3.63) is 59.0 Å². The van der Waals surface area contributed by atoms with E-state index in [2.05, 4.69) is 25.2 Å². The van der Waals surface area contributed by atoms with Crippen LogP contribution in [0.15, 0.2) is 53.1 Å². The van der Waals surface area contributed by atoms with Crippen molar-refractivity contribution in [2.75, 3.05) is 13.2 Å². The molecule has 1 aromatic carbocycles. The molecule has 142 valence electrons. The third-order valence-corrected chi connectivity index (χ3v) is 4.70. The molecule has 0 aliphatic heterocycles. The van der Waals surface area contributed by atoms with E-state index in [1.54, 1.807) is 6.07 Å². The molecule has 1 unspecified atom stereocenters. The highest BCUT2D eigenvalue weighted by Gasteiger charge is 2.13. The lowest BCUT2D eigenvalue weighted by Gasteiger charge is -2.15. The molecule has 0 aromatic heterocycles. The standard InChI is InChI=1S/C22H27BFNO2/c1-4-15(2)13-25-22(26)21-9-8-17(7-5-6-16(21)3)14-27-20-11-18(23)10-19(24)12-20/h7-12,15H,4-6,13-14H2,1-3H3,(H,25,26). The van der Waals surface area contributed by atoms with Crippen LogP contribution in [0, 0.1) is 11.7 Å². The molecule has 2 radical (unpaired) electrons. The molecular formula is C22H27BFNO2. The van der Waals surface area contributed by atoms with Crippen LogP contribution in [0.2, 0.25) is 0 Å². The summed E-state index contributed by atoms with van der Waals surface area (Å²) in [6, 6.07) is 4.15. The number of rotatable bonds is 7. The van der Waals surface area contributed by atoms with Gasteiger partial charge in [0.25, 0.3) is 5.91 Å². The number of benzene rings is 1. The molecule has 0 saturated carbocycles. The molecule has 0 bridgehead atoms. The van der Waals surface area contributed by atoms with E-state index < -0.39 is 5.82 Å². The summed E-state index contributed by atoms with van der Waals surface area (Å²) in [5, 5.41) is 3.01. The Morgan fingerprint density at radius 2 is 2.11 bits per heavy atom. The van der Waals surface area contributed by atoms with Crippen molar-refractivity contribution in [2.24, 2.45) is 5.92 Å². The van der Waals surface area contributed by atoms with E-state index >= 15 is 0 Å². The fraction of sp³-hybridized carbons (Fsp3) is 0.409. The first-order valence-electron chi connectivity index (χ1n) is 9.43. The lowest BCUT2D eigenvalue weighted by Crippen LogP contribution is -2.29. The average molecular weight is 367 g/mol. The molecular weight excluding hydrogens is 340 g/mol. The first kappa shape index (κ1) is 21.0. The van der Waals surface area contributed by atoms with Gasteiger partial charge in [-0.15, -0.1) is 0 Å². The van der Waals surface area contributed by atoms with Crippen molar-refractivity contribution in [3.63, 3.8) is 0 Å². The molecule has 1 aliphatic rings. The summed E-state index contributed by atoms with van der Waals surface area (Å²) < 4.78 is 19.1. The lowest BCUT2D eigenvalue weighted by atomic mass is 9.96. The number of hydrogen-bond donors (Lipinski definition) is 1. The molecule has 27 heavy (non-hydrogen) atoms. The summed E-state index contributed by atoms with van der Waals surface area (Å²) in [6.07, 6.45) is 8.48. The zero-order valence-corrected chi connectivity index (χ0v) is 16.3. The molecule has 3 nitrogen and oxygen atoms in total. The molecule has 0 saturated heterocycles. The van der Waals surface area contributed by atoms with Crippen molar-refractivity contribution in [1.82, 2.24) is 5.32 Å². The number of ether oxygens (including phenoxy) is 1. The molecule has 1 aromatic rings. The summed E-state index contributed by atoms with van der Waals surface area (Å²) >= 11 is 0. The van der Waals surface area contributed by atoms with Crippen LogP contribution in [0.4, 0.5) is 4.39 Å². The SMILES string of the molecule is [B]c1cc(F)cc(OCC2=CCCC(C)=C(C(=O)NCC(C)CC)C=C2)c1. The Balaban J connectivity index is 2.02. The lowest BCUT2D eigenvalue weighted by molar-refractivity contribution is -0.117. The van der Waals surface area contributed by atoms with Gasteiger partial charge in [-0.05, 0) is 49.5 Å². The van der Waals surface area contributed by atoms with Crippen molar-refractivity contribution in [3.8, 4) is 5.75 Å². The van der Waals surface area contributed by atoms with Crippen molar-refractivity contribution < 1.29 is 13.9 Å². The Kier molecular flexibility index (Phi) is 7.90. The highest BCUT2D eigenvalue weighted by atomic mass is 19.1. The van der Waals surface area contributed by atoms with Gasteiger partial charge >= 0.3 is 0 Å². The van der Waals surface area contributed by atoms with Gasteiger partial charge in [-0.3, -0.25) is 4.79 Å². The Morgan fingerprint density at radius 3 is 2.81 bits per heavy atom. The van der Waals surface area contributed by atoms with Gasteiger partial charge in [-0.25, -0.2) is 4.39 Å². The molecule has 1 aliphatic carbocycles. The molecule has 0 spiro atoms. The molecule has 1 N–H and O–H groups in total. The zero-order valence-electron chi connectivity index (χ0n) is 16.3. The normalized spacial score (nSPS) is 15.6. The largest absolute Gasteiger partial charge is 0.489 e. The molecule has 5 heteroatoms. The van der Waals surface area contributed by atoms with Crippen LogP contribution < -0.4 is 15.5 Å². The number of carbonyl (C=O) groups is 1. The fourth-order valence-corrected chi connectivity index (χ4v) is 2.73. The fourth-order valence-electron chi connectivity index (χ4n) is 2.73. The Morgan fingerprint density at radius 1 is 1.33 bits per heavy atom. The van der Waals surface area contributed by atoms with Gasteiger partial charge in [0.2, 0.25) is 0 Å². The van der Waals surface area contributed by atoms with Crippen LogP contribution in [-0.2, 0) is 4.79 Å². The van der Waals surface area contributed by atoms with E-state index in [-0.39, 0.29) is 5.91 Å². The number of halogens is 1. The number of amides is 1. The Hall–Kier alpha value is -2.30. The maximum absolute atomic E-state index is 13.4. The molecule has 0 heterocycles. The van der Waals surface area contributed by atoms with Gasteiger partial charge in [0.15, 0.2) is 0 Å². The topological polar surface area (TPSA) is 38.3 Å². The molecule has 0 fully saturated rings. The summed E-state index contributed by atoms with van der Waals surface area (Å²) in [4.78, 5) is 12.5. The second-order valence-electron chi connectivity index (χ2n) is 7.08. The van der Waals surface area contributed by atoms with E-state index in [1.165, 1.54) is 12.1 Å². The monoisotopic (exact) mass is 367 g/mol. The summed E-state index contributed by atoms with van der Waals surface area (Å²) in [6.45, 7) is 7.19. The summed E-state index contributed by atoms with van der Waals surface area (Å²) in [5.74, 6) is 0.382. The number of nitrogens with one attached hydrogen (secondary N) is 1. The molecule has 2 rings (SSSR count). The van der Waals surface area contributed by atoms with E-state index in [9.17, 15) is 9.18 Å². The minimum Gasteiger partial charge on any atom is -0.489 e. The highest BCUT2D eigenvalue weighted by Crippen LogP contribution is 2.19. The smallest absolute Gasteiger partial charge is 0.251 e. The number of carbonyl (C=O) groups excluding carboxylic acids is 1. The Bertz CT molecular complexity index is 747. The predicted molar refractivity (Wildman–Crippen MR) is 109 cm³/mol. The van der Waals surface area contributed by atoms with Gasteiger partial charge in [-0.1, -0.05) is 43.5 Å². The minimum atomic E-state index is -0.425. The number of hydrogen-bond acceptors (Lipinski definition) is 2. The highest BCUT2D eigenvalue weighted by molar-refractivity contribution is 6.32. The van der Waals surface area contributed by atoms with Crippen molar-refractivity contribution in [2.45, 2.75) is 40.0 Å². The average Bonchev–Trinajstić information content (AvgIpc) is 2.60. The third-order valence-electron chi connectivity index (χ3n) is 4.70. The van der Waals surface area contributed by atoms with Crippen LogP contribution in [0.25, 0.3) is 0 Å². The predicted octanol–water partition coefficient (Wildman–Crippen LogP) is 3.75. The van der Waals surface area contributed by atoms with E-state index in [1.807, 2.05) is 19.1 Å². The second-order valence-corrected chi connectivity index (χ2v) is 7.08. The van der Waals surface area contributed by atoms with Crippen molar-refractivity contribution >= 4 is 19.2 Å². The first-order chi connectivity index (χ1) is 12.9. The minimum absolute atomic E-state index is 0.0378. The van der Waals surface area contributed by atoms with Gasteiger partial charge in [0, 0.05) is 18.2 Å². The maximum atomic E-state index is 13.4. The first-order valence-corrected chi connectivity index (χ1v) is 9.43.